The van der Waals surface area contributed by atoms with Gasteiger partial charge in [0.2, 0.25) is 11.9 Å². The van der Waals surface area contributed by atoms with Gasteiger partial charge in [-0.3, -0.25) is 0 Å². The summed E-state index contributed by atoms with van der Waals surface area (Å²) in [5.41, 5.74) is 8.02. The van der Waals surface area contributed by atoms with E-state index in [9.17, 15) is 0 Å². The Hall–Kier alpha value is -1.45. The number of hydrazine groups is 1. The molecule has 1 aromatic rings. The number of nitrogen functional groups attached to an aromatic ring is 1. The Morgan fingerprint density at radius 1 is 1.47 bits per heavy atom. The number of thiocarbonyl (C=S) groups is 1. The van der Waals surface area contributed by atoms with Gasteiger partial charge in [0.15, 0.2) is 0 Å². The van der Waals surface area contributed by atoms with Crippen molar-refractivity contribution in [2.75, 3.05) is 36.9 Å². The fourth-order valence-corrected chi connectivity index (χ4v) is 1.76. The minimum Gasteiger partial charge on any atom is -0.378 e. The number of aromatic nitrogens is 3. The van der Waals surface area contributed by atoms with Crippen molar-refractivity contribution >= 4 is 29.1 Å². The summed E-state index contributed by atoms with van der Waals surface area (Å²) in [7, 11) is 0. The van der Waals surface area contributed by atoms with Crippen LogP contribution < -0.4 is 21.9 Å². The highest BCUT2D eigenvalue weighted by Gasteiger charge is 2.18. The van der Waals surface area contributed by atoms with Gasteiger partial charge in [0.25, 0.3) is 0 Å². The van der Waals surface area contributed by atoms with Gasteiger partial charge >= 0.3 is 0 Å². The van der Waals surface area contributed by atoms with Crippen LogP contribution in [-0.4, -0.2) is 46.1 Å². The number of hydrogen-bond donors (Lipinski definition) is 3. The van der Waals surface area contributed by atoms with Crippen LogP contribution in [0.1, 0.15) is 0 Å². The average Bonchev–Trinajstić information content (AvgIpc) is 2.71. The first kappa shape index (κ1) is 12.0. The van der Waals surface area contributed by atoms with Crippen molar-refractivity contribution in [3.8, 4) is 0 Å². The van der Waals surface area contributed by atoms with E-state index < -0.39 is 0 Å². The second-order valence-corrected chi connectivity index (χ2v) is 4.09. The molecule has 94 valence electrons. The molecule has 1 aliphatic heterocycles. The molecule has 1 fully saturated rings. The molecule has 17 heavy (non-hydrogen) atoms. The van der Waals surface area contributed by atoms with Gasteiger partial charge in [-0.05, 0) is 0 Å². The molecular weight excluding hydrogens is 242 g/mol. The number of nitrogens with two attached hydrogens (primary N) is 2. The van der Waals surface area contributed by atoms with Crippen LogP contribution in [0.2, 0.25) is 0 Å². The molecule has 0 saturated carbocycles. The zero-order valence-electron chi connectivity index (χ0n) is 9.30. The fourth-order valence-electron chi connectivity index (χ4n) is 1.64. The summed E-state index contributed by atoms with van der Waals surface area (Å²) in [6, 6.07) is 0. The maximum absolute atomic E-state index is 5.61. The molecule has 5 N–H and O–H groups in total. The molecule has 9 heteroatoms. The van der Waals surface area contributed by atoms with Crippen LogP contribution in [0, 0.1) is 0 Å². The normalized spacial score (nSPS) is 15.9. The van der Waals surface area contributed by atoms with Crippen molar-refractivity contribution in [2.24, 2.45) is 5.84 Å². The van der Waals surface area contributed by atoms with E-state index >= 15 is 0 Å². The highest BCUT2D eigenvalue weighted by atomic mass is 32.1. The van der Waals surface area contributed by atoms with E-state index in [4.69, 9.17) is 28.5 Å². The van der Waals surface area contributed by atoms with Gasteiger partial charge in [0, 0.05) is 13.1 Å². The van der Waals surface area contributed by atoms with Crippen molar-refractivity contribution in [1.29, 1.82) is 0 Å². The summed E-state index contributed by atoms with van der Waals surface area (Å²) in [4.78, 5) is 6.73. The van der Waals surface area contributed by atoms with Gasteiger partial charge in [-0.15, -0.1) is 5.10 Å². The van der Waals surface area contributed by atoms with E-state index in [2.05, 4.69) is 20.4 Å². The zero-order valence-corrected chi connectivity index (χ0v) is 10.1. The number of ether oxygens (including phenoxy) is 1. The number of rotatable bonds is 3. The highest BCUT2D eigenvalue weighted by Crippen LogP contribution is 2.14. The molecule has 0 aliphatic carbocycles. The molecule has 0 bridgehead atoms. The fraction of sp³-hybridized carbons (Fsp3) is 0.625. The van der Waals surface area contributed by atoms with Crippen LogP contribution in [0.25, 0.3) is 0 Å². The summed E-state index contributed by atoms with van der Waals surface area (Å²) >= 11 is 5.00. The van der Waals surface area contributed by atoms with E-state index in [1.54, 1.807) is 4.68 Å². The molecular formula is C8H15N7OS. The first-order valence-corrected chi connectivity index (χ1v) is 5.64. The molecule has 2 rings (SSSR count). The average molecular weight is 257 g/mol. The van der Waals surface area contributed by atoms with Crippen molar-refractivity contribution in [3.63, 3.8) is 0 Å². The molecule has 0 aromatic carbocycles. The number of anilines is 2. The van der Waals surface area contributed by atoms with Crippen molar-refractivity contribution in [2.45, 2.75) is 6.54 Å². The number of morpholine rings is 1. The zero-order chi connectivity index (χ0) is 12.3. The third kappa shape index (κ3) is 2.81. The molecule has 1 aliphatic rings. The van der Waals surface area contributed by atoms with Crippen LogP contribution in [0.4, 0.5) is 11.9 Å². The summed E-state index contributed by atoms with van der Waals surface area (Å²) in [6.07, 6.45) is 0. The highest BCUT2D eigenvalue weighted by molar-refractivity contribution is 7.80. The standard InChI is InChI=1S/C8H15N7OS/c9-7-11-8(14-1-3-16-4-2-14)15(13-7)5-6(17)12-10/h1-5,10H2,(H2,9,13)(H,12,17). The van der Waals surface area contributed by atoms with Crippen LogP contribution in [0.5, 0.6) is 0 Å². The van der Waals surface area contributed by atoms with E-state index in [0.717, 1.165) is 13.1 Å². The number of hydrogen-bond acceptors (Lipinski definition) is 7. The Balaban J connectivity index is 2.17. The van der Waals surface area contributed by atoms with Crippen molar-refractivity contribution in [3.05, 3.63) is 0 Å². The Bertz CT molecular complexity index is 401. The first-order valence-electron chi connectivity index (χ1n) is 5.23. The second-order valence-electron chi connectivity index (χ2n) is 3.59. The van der Waals surface area contributed by atoms with E-state index in [1.807, 2.05) is 0 Å². The molecule has 0 amide bonds. The first-order chi connectivity index (χ1) is 8.20. The number of nitrogens with one attached hydrogen (secondary N) is 1. The predicted molar refractivity (Wildman–Crippen MR) is 67.4 cm³/mol. The quantitative estimate of drug-likeness (QED) is 0.341. The minimum absolute atomic E-state index is 0.228. The van der Waals surface area contributed by atoms with Gasteiger partial charge in [0.05, 0.1) is 19.8 Å². The summed E-state index contributed by atoms with van der Waals surface area (Å²) in [5.74, 6) is 6.16. The summed E-state index contributed by atoms with van der Waals surface area (Å²) in [6.45, 7) is 3.24. The van der Waals surface area contributed by atoms with Crippen LogP contribution in [-0.2, 0) is 11.3 Å². The lowest BCUT2D eigenvalue weighted by Gasteiger charge is -2.27. The van der Waals surface area contributed by atoms with E-state index in [1.165, 1.54) is 0 Å². The van der Waals surface area contributed by atoms with Gasteiger partial charge in [-0.25, -0.2) is 10.5 Å². The maximum atomic E-state index is 5.61. The SMILES string of the molecule is NNC(=S)Cn1nc(N)nc1N1CCOCC1. The maximum Gasteiger partial charge on any atom is 0.241 e. The molecule has 1 saturated heterocycles. The number of nitrogens with zero attached hydrogens (tertiary/aromatic N) is 4. The van der Waals surface area contributed by atoms with Crippen LogP contribution in [0.3, 0.4) is 0 Å². The van der Waals surface area contributed by atoms with Gasteiger partial charge < -0.3 is 20.8 Å². The Labute approximate surface area is 104 Å². The van der Waals surface area contributed by atoms with Gasteiger partial charge in [-0.2, -0.15) is 4.98 Å². The lowest BCUT2D eigenvalue weighted by molar-refractivity contribution is 0.121. The smallest absolute Gasteiger partial charge is 0.241 e. The monoisotopic (exact) mass is 257 g/mol. The molecule has 1 aromatic heterocycles. The largest absolute Gasteiger partial charge is 0.378 e. The third-order valence-corrected chi connectivity index (χ3v) is 2.66. The van der Waals surface area contributed by atoms with Gasteiger partial charge in [0.1, 0.15) is 4.99 Å². The molecule has 2 heterocycles. The Kier molecular flexibility index (Phi) is 3.71. The summed E-state index contributed by atoms with van der Waals surface area (Å²) < 4.78 is 6.92. The molecule has 0 spiro atoms. The van der Waals surface area contributed by atoms with Gasteiger partial charge in [-0.1, -0.05) is 12.2 Å². The van der Waals surface area contributed by atoms with Crippen LogP contribution >= 0.6 is 12.2 Å². The molecule has 0 radical (unpaired) electrons. The lowest BCUT2D eigenvalue weighted by atomic mass is 10.4. The Morgan fingerprint density at radius 3 is 2.82 bits per heavy atom. The predicted octanol–water partition coefficient (Wildman–Crippen LogP) is -1.51. The van der Waals surface area contributed by atoms with E-state index in [0.29, 0.717) is 30.7 Å². The second kappa shape index (κ2) is 5.25. The molecule has 0 atom stereocenters. The summed E-state index contributed by atoms with van der Waals surface area (Å²) in [5, 5.41) is 4.09. The molecule has 8 nitrogen and oxygen atoms in total. The third-order valence-electron chi connectivity index (χ3n) is 2.42. The van der Waals surface area contributed by atoms with E-state index in [-0.39, 0.29) is 5.95 Å². The minimum atomic E-state index is 0.228. The van der Waals surface area contributed by atoms with Crippen LogP contribution in [0.15, 0.2) is 0 Å². The van der Waals surface area contributed by atoms with Crippen molar-refractivity contribution < 1.29 is 4.74 Å². The molecule has 0 unspecified atom stereocenters. The Morgan fingerprint density at radius 2 is 2.18 bits per heavy atom. The van der Waals surface area contributed by atoms with Crippen molar-refractivity contribution in [1.82, 2.24) is 20.2 Å². The topological polar surface area (TPSA) is 107 Å². The lowest BCUT2D eigenvalue weighted by Crippen LogP contribution is -2.39.